The predicted molar refractivity (Wildman–Crippen MR) is 215 cm³/mol. The van der Waals surface area contributed by atoms with Crippen LogP contribution in [0.15, 0.2) is 113 Å². The van der Waals surface area contributed by atoms with E-state index in [1.54, 1.807) is 6.07 Å². The Balaban J connectivity index is 1.22. The van der Waals surface area contributed by atoms with Gasteiger partial charge in [0.25, 0.3) is 0 Å². The first-order chi connectivity index (χ1) is 26.9. The molecular weight excluding hydrogens is 683 g/mol. The Morgan fingerprint density at radius 3 is 2.51 bits per heavy atom. The Morgan fingerprint density at radius 1 is 0.891 bits per heavy atom. The van der Waals surface area contributed by atoms with Crippen molar-refractivity contribution in [1.29, 1.82) is 0 Å². The number of fused-ring (bicyclic) bond motifs is 1. The smallest absolute Gasteiger partial charge is 0.340 e. The molecule has 5 unspecified atom stereocenters. The molecule has 7 aliphatic rings. The number of carbonyl (C=O) groups is 2. The van der Waals surface area contributed by atoms with Gasteiger partial charge < -0.3 is 19.9 Å². The highest BCUT2D eigenvalue weighted by molar-refractivity contribution is 6.07. The molecule has 6 heteroatoms. The third-order valence-electron chi connectivity index (χ3n) is 13.9. The molecule has 5 atom stereocenters. The fraction of sp³-hybridized carbons (Fsp3) is 0.429. The zero-order valence-electron chi connectivity index (χ0n) is 32.2. The van der Waals surface area contributed by atoms with Crippen LogP contribution in [0.5, 0.6) is 5.75 Å². The zero-order chi connectivity index (χ0) is 37.7. The van der Waals surface area contributed by atoms with E-state index in [9.17, 15) is 14.7 Å². The average molecular weight is 736 g/mol. The number of carbonyl (C=O) groups excluding carboxylic acids is 2. The lowest BCUT2D eigenvalue weighted by atomic mass is 9.44. The average Bonchev–Trinajstić information content (AvgIpc) is 3.92. The lowest BCUT2D eigenvalue weighted by Crippen LogP contribution is -2.52. The van der Waals surface area contributed by atoms with E-state index in [0.717, 1.165) is 109 Å². The number of allylic oxidation sites excluding steroid dienone is 5. The molecule has 284 valence electrons. The maximum Gasteiger partial charge on any atom is 0.340 e. The Hall–Kier alpha value is -4.68. The maximum atomic E-state index is 14.7. The molecular formula is C49H53NO5. The van der Waals surface area contributed by atoms with Gasteiger partial charge in [-0.05, 0) is 146 Å². The second kappa shape index (κ2) is 14.8. The minimum atomic E-state index is -0.800. The molecule has 0 aromatic heterocycles. The summed E-state index contributed by atoms with van der Waals surface area (Å²) >= 11 is 0. The molecule has 3 fully saturated rings. The van der Waals surface area contributed by atoms with Crippen LogP contribution in [0.1, 0.15) is 94.2 Å². The minimum Gasteiger partial charge on any atom is -0.508 e. The standard InChI is InChI=1S/C49H53NO5/c1-3-30(25-32-13-5-4-6-14-32)27-42-49-24-23-37(38-21-22-39-41(54-47(52)44(39)45(38)49)18-10-15-31-11-7-8-12-31)43(46(49)48(53)55-42)40-28-35(51)19-20-36(40)34-17-9-16-33(26-34)29-50-2/h4-6,9,13-14,16-20,26-28,30-31,37-38,45,50-51H,3,7-8,10-12,15,21-25,29H2,1-2H3. The summed E-state index contributed by atoms with van der Waals surface area (Å²) in [5.74, 6) is 1.91. The number of esters is 2. The van der Waals surface area contributed by atoms with Gasteiger partial charge in [-0.15, -0.1) is 0 Å². The van der Waals surface area contributed by atoms with E-state index in [4.69, 9.17) is 9.47 Å². The van der Waals surface area contributed by atoms with Gasteiger partial charge in [0.05, 0.1) is 11.0 Å². The number of aromatic hydroxyl groups is 1. The highest BCUT2D eigenvalue weighted by Crippen LogP contribution is 2.72. The molecule has 6 nitrogen and oxygen atoms in total. The fourth-order valence-electron chi connectivity index (χ4n) is 11.5. The molecule has 2 heterocycles. The van der Waals surface area contributed by atoms with Crippen molar-refractivity contribution in [2.75, 3.05) is 7.05 Å². The number of benzene rings is 3. The SMILES string of the molecule is CCC(C=C1OC(=O)C2=C(c3cc(O)ccc3-c3cccc(CNC)c3)C3CCC12C1C2=C(CCC31)C(=CCCC1CCCC1)OC2=O)Cc1ccccc1. The van der Waals surface area contributed by atoms with Crippen molar-refractivity contribution in [3.05, 3.63) is 130 Å². The van der Waals surface area contributed by atoms with Crippen LogP contribution in [-0.4, -0.2) is 24.1 Å². The summed E-state index contributed by atoms with van der Waals surface area (Å²) in [6, 6.07) is 24.6. The quantitative estimate of drug-likeness (QED) is 0.191. The molecule has 0 radical (unpaired) electrons. The minimum absolute atomic E-state index is 0.0263. The van der Waals surface area contributed by atoms with Crippen molar-refractivity contribution in [2.24, 2.45) is 35.0 Å². The molecule has 3 aromatic rings. The highest BCUT2D eigenvalue weighted by atomic mass is 16.5. The van der Waals surface area contributed by atoms with Crippen molar-refractivity contribution < 1.29 is 24.2 Å². The van der Waals surface area contributed by atoms with E-state index in [0.29, 0.717) is 11.3 Å². The first kappa shape index (κ1) is 36.0. The Morgan fingerprint density at radius 2 is 1.71 bits per heavy atom. The molecule has 0 amide bonds. The van der Waals surface area contributed by atoms with Gasteiger partial charge in [0.15, 0.2) is 0 Å². The lowest BCUT2D eigenvalue weighted by Gasteiger charge is -2.56. The second-order valence-electron chi connectivity index (χ2n) is 16.9. The van der Waals surface area contributed by atoms with Gasteiger partial charge in [0.1, 0.15) is 17.3 Å². The van der Waals surface area contributed by atoms with Crippen molar-refractivity contribution in [3.8, 4) is 16.9 Å². The number of hydrogen-bond acceptors (Lipinski definition) is 6. The highest BCUT2D eigenvalue weighted by Gasteiger charge is 2.68. The molecule has 10 rings (SSSR count). The normalized spacial score (nSPS) is 27.8. The van der Waals surface area contributed by atoms with Gasteiger partial charge in [-0.3, -0.25) is 0 Å². The first-order valence-electron chi connectivity index (χ1n) is 20.9. The topological polar surface area (TPSA) is 84.9 Å². The summed E-state index contributed by atoms with van der Waals surface area (Å²) in [6.45, 7) is 2.93. The Bertz CT molecular complexity index is 2130. The van der Waals surface area contributed by atoms with Crippen LogP contribution in [-0.2, 0) is 32.0 Å². The number of rotatable bonds is 11. The first-order valence-corrected chi connectivity index (χ1v) is 20.9. The van der Waals surface area contributed by atoms with Crippen LogP contribution in [0.25, 0.3) is 16.7 Å². The van der Waals surface area contributed by atoms with Gasteiger partial charge in [-0.2, -0.15) is 0 Å². The Kier molecular flexibility index (Phi) is 9.66. The summed E-state index contributed by atoms with van der Waals surface area (Å²) in [7, 11) is 1.94. The molecule has 2 N–H and O–H groups in total. The predicted octanol–water partition coefficient (Wildman–Crippen LogP) is 10.4. The van der Waals surface area contributed by atoms with Crippen molar-refractivity contribution in [1.82, 2.24) is 5.32 Å². The fourth-order valence-corrected chi connectivity index (χ4v) is 11.5. The van der Waals surface area contributed by atoms with E-state index in [1.165, 1.54) is 31.2 Å². The van der Waals surface area contributed by atoms with Crippen LogP contribution in [0.4, 0.5) is 0 Å². The summed E-state index contributed by atoms with van der Waals surface area (Å²) in [6.07, 6.45) is 16.7. The zero-order valence-corrected chi connectivity index (χ0v) is 32.2. The number of cyclic esters (lactones) is 2. The van der Waals surface area contributed by atoms with Crippen LogP contribution < -0.4 is 5.32 Å². The van der Waals surface area contributed by atoms with Crippen LogP contribution in [0.2, 0.25) is 0 Å². The molecule has 1 saturated heterocycles. The van der Waals surface area contributed by atoms with Crippen LogP contribution >= 0.6 is 0 Å². The van der Waals surface area contributed by atoms with Gasteiger partial charge in [0.2, 0.25) is 0 Å². The lowest BCUT2D eigenvalue weighted by molar-refractivity contribution is -0.135. The Labute approximate surface area is 325 Å². The molecule has 2 bridgehead atoms. The van der Waals surface area contributed by atoms with E-state index < -0.39 is 5.41 Å². The monoisotopic (exact) mass is 735 g/mol. The van der Waals surface area contributed by atoms with Gasteiger partial charge in [-0.1, -0.05) is 87.2 Å². The van der Waals surface area contributed by atoms with Gasteiger partial charge in [0, 0.05) is 23.6 Å². The molecule has 2 aliphatic heterocycles. The number of hydrogen-bond donors (Lipinski definition) is 2. The third-order valence-corrected chi connectivity index (χ3v) is 13.9. The van der Waals surface area contributed by atoms with Crippen LogP contribution in [0.3, 0.4) is 0 Å². The van der Waals surface area contributed by atoms with E-state index in [2.05, 4.69) is 72.9 Å². The molecule has 3 aromatic carbocycles. The van der Waals surface area contributed by atoms with Crippen molar-refractivity contribution in [2.45, 2.75) is 90.5 Å². The molecule has 5 aliphatic carbocycles. The number of nitrogens with one attached hydrogen (secondary N) is 1. The van der Waals surface area contributed by atoms with Gasteiger partial charge in [-0.25, -0.2) is 9.59 Å². The van der Waals surface area contributed by atoms with Crippen LogP contribution in [0, 0.1) is 35.0 Å². The summed E-state index contributed by atoms with van der Waals surface area (Å²) in [5, 5.41) is 14.4. The van der Waals surface area contributed by atoms with E-state index >= 15 is 0 Å². The third kappa shape index (κ3) is 6.21. The molecule has 2 saturated carbocycles. The summed E-state index contributed by atoms with van der Waals surface area (Å²) in [4.78, 5) is 29.0. The molecule has 55 heavy (non-hydrogen) atoms. The summed E-state index contributed by atoms with van der Waals surface area (Å²) < 4.78 is 12.8. The van der Waals surface area contributed by atoms with E-state index in [-0.39, 0.29) is 41.4 Å². The van der Waals surface area contributed by atoms with E-state index in [1.807, 2.05) is 25.2 Å². The molecule has 1 spiro atoms. The van der Waals surface area contributed by atoms with Crippen molar-refractivity contribution in [3.63, 3.8) is 0 Å². The second-order valence-corrected chi connectivity index (χ2v) is 16.9. The number of phenols is 1. The van der Waals surface area contributed by atoms with Gasteiger partial charge >= 0.3 is 11.9 Å². The largest absolute Gasteiger partial charge is 0.508 e. The maximum absolute atomic E-state index is 14.7. The summed E-state index contributed by atoms with van der Waals surface area (Å²) in [5.41, 5.74) is 8.03. The number of phenolic OH excluding ortho intramolecular Hbond substituents is 1. The van der Waals surface area contributed by atoms with Crippen molar-refractivity contribution >= 4 is 17.5 Å². The number of ether oxygens (including phenoxy) is 2.